The molecule has 0 aliphatic carbocycles. The van der Waals surface area contributed by atoms with Crippen molar-refractivity contribution in [2.24, 2.45) is 0 Å². The summed E-state index contributed by atoms with van der Waals surface area (Å²) >= 11 is 0. The summed E-state index contributed by atoms with van der Waals surface area (Å²) in [6, 6.07) is 8.15. The molecule has 2 aliphatic heterocycles. The van der Waals surface area contributed by atoms with Gasteiger partial charge in [0, 0.05) is 73.2 Å². The highest BCUT2D eigenvalue weighted by Crippen LogP contribution is 2.31. The summed E-state index contributed by atoms with van der Waals surface area (Å²) in [4.78, 5) is 31.2. The van der Waals surface area contributed by atoms with Gasteiger partial charge in [-0.3, -0.25) is 14.4 Å². The molecule has 11 heteroatoms. The average Bonchev–Trinajstić information content (AvgIpc) is 3.57. The number of aromatic amines is 1. The van der Waals surface area contributed by atoms with E-state index in [1.165, 1.54) is 18.2 Å². The van der Waals surface area contributed by atoms with Crippen LogP contribution in [-0.4, -0.2) is 91.7 Å². The Labute approximate surface area is 225 Å². The number of H-pyrrole nitrogens is 1. The number of rotatable bonds is 7. The number of nitrogens with zero attached hydrogens (tertiary/aromatic N) is 7. The van der Waals surface area contributed by atoms with Crippen LogP contribution in [0.5, 0.6) is 0 Å². The number of carbonyl (C=O) groups is 1. The molecule has 0 unspecified atom stereocenters. The standard InChI is InChI=1S/C28H31F2N8O/c1-35(2)13-18-9-19(26(29)30)11-20(10-18)28(39)36-7-4-22(5-8-36)37-15-23(16-37)38-14-21(12-34-38)25-24-3-6-31-27(24)33-17-32-25/h3,6,9-12,14,17,22,26H,4-5,7-8,13,15-16H2,1-2H3,(H,31,32,33). The van der Waals surface area contributed by atoms with Crippen LogP contribution in [0.25, 0.3) is 22.3 Å². The van der Waals surface area contributed by atoms with Crippen molar-refractivity contribution in [2.45, 2.75) is 31.9 Å². The minimum absolute atomic E-state index is 0.102. The first-order valence-corrected chi connectivity index (χ1v) is 13.1. The number of halogens is 2. The Morgan fingerprint density at radius 3 is 2.69 bits per heavy atom. The van der Waals surface area contributed by atoms with Crippen LogP contribution in [0.2, 0.25) is 0 Å². The van der Waals surface area contributed by atoms with Gasteiger partial charge in [0.2, 0.25) is 0 Å². The average molecular weight is 534 g/mol. The monoisotopic (exact) mass is 533 g/mol. The van der Waals surface area contributed by atoms with Crippen molar-refractivity contribution in [3.05, 3.63) is 71.9 Å². The SMILES string of the molecule is CN(C)Cc1cc(C(=O)N2CCC(N3C[C](n4cc(-c5ncnc6[nH]ccc56)cn4)C3)CC2)cc(C(F)F)c1. The van der Waals surface area contributed by atoms with Gasteiger partial charge in [0.25, 0.3) is 12.3 Å². The molecule has 9 nitrogen and oxygen atoms in total. The van der Waals surface area contributed by atoms with Crippen LogP contribution in [0, 0.1) is 6.04 Å². The zero-order valence-corrected chi connectivity index (χ0v) is 22.0. The van der Waals surface area contributed by atoms with E-state index in [0.717, 1.165) is 53.8 Å². The van der Waals surface area contributed by atoms with Crippen LogP contribution in [-0.2, 0) is 6.54 Å². The van der Waals surface area contributed by atoms with E-state index in [1.54, 1.807) is 17.3 Å². The molecule has 39 heavy (non-hydrogen) atoms. The van der Waals surface area contributed by atoms with Gasteiger partial charge in [-0.15, -0.1) is 0 Å². The van der Waals surface area contributed by atoms with E-state index in [2.05, 4.69) is 25.0 Å². The van der Waals surface area contributed by atoms with E-state index in [1.807, 2.05) is 48.3 Å². The van der Waals surface area contributed by atoms with E-state index < -0.39 is 6.43 Å². The number of nitrogens with one attached hydrogen (secondary N) is 1. The summed E-state index contributed by atoms with van der Waals surface area (Å²) < 4.78 is 28.9. The minimum Gasteiger partial charge on any atom is -0.346 e. The maximum Gasteiger partial charge on any atom is 0.263 e. The van der Waals surface area contributed by atoms with E-state index >= 15 is 0 Å². The fourth-order valence-corrected chi connectivity index (χ4v) is 5.59. The van der Waals surface area contributed by atoms with Crippen molar-refractivity contribution in [1.29, 1.82) is 0 Å². The number of alkyl halides is 2. The number of fused-ring (bicyclic) bond motifs is 1. The molecule has 1 aromatic carbocycles. The Morgan fingerprint density at radius 1 is 1.15 bits per heavy atom. The lowest BCUT2D eigenvalue weighted by atomic mass is 9.96. The third-order valence-corrected chi connectivity index (χ3v) is 7.59. The predicted octanol–water partition coefficient (Wildman–Crippen LogP) is 3.82. The lowest BCUT2D eigenvalue weighted by molar-refractivity contribution is 0.0514. The molecule has 5 heterocycles. The number of aromatic nitrogens is 5. The lowest BCUT2D eigenvalue weighted by Crippen LogP contribution is -2.56. The maximum absolute atomic E-state index is 13.5. The molecule has 203 valence electrons. The van der Waals surface area contributed by atoms with E-state index in [9.17, 15) is 13.6 Å². The van der Waals surface area contributed by atoms with Crippen molar-refractivity contribution in [1.82, 2.24) is 39.4 Å². The Kier molecular flexibility index (Phi) is 6.86. The Hall–Kier alpha value is -3.70. The quantitative estimate of drug-likeness (QED) is 0.389. The van der Waals surface area contributed by atoms with Gasteiger partial charge in [-0.05, 0) is 56.8 Å². The largest absolute Gasteiger partial charge is 0.346 e. The molecular weight excluding hydrogens is 502 g/mol. The van der Waals surface area contributed by atoms with Gasteiger partial charge in [-0.25, -0.2) is 18.7 Å². The second-order valence-corrected chi connectivity index (χ2v) is 10.6. The highest BCUT2D eigenvalue weighted by atomic mass is 19.3. The molecule has 3 aromatic heterocycles. The molecule has 2 saturated heterocycles. The first kappa shape index (κ1) is 25.6. The highest BCUT2D eigenvalue weighted by molar-refractivity contribution is 5.94. The third-order valence-electron chi connectivity index (χ3n) is 7.59. The van der Waals surface area contributed by atoms with Crippen LogP contribution >= 0.6 is 0 Å². The lowest BCUT2D eigenvalue weighted by Gasteiger charge is -2.46. The van der Waals surface area contributed by atoms with Crippen molar-refractivity contribution in [3.63, 3.8) is 0 Å². The van der Waals surface area contributed by atoms with Gasteiger partial charge < -0.3 is 14.8 Å². The van der Waals surface area contributed by atoms with Crippen molar-refractivity contribution >= 4 is 16.9 Å². The summed E-state index contributed by atoms with van der Waals surface area (Å²) in [5, 5.41) is 5.54. The maximum atomic E-state index is 13.5. The van der Waals surface area contributed by atoms with Crippen molar-refractivity contribution in [2.75, 3.05) is 40.3 Å². The van der Waals surface area contributed by atoms with Crippen molar-refractivity contribution in [3.8, 4) is 11.3 Å². The van der Waals surface area contributed by atoms with Crippen LogP contribution in [0.3, 0.4) is 0 Å². The topological polar surface area (TPSA) is 86.2 Å². The number of hydrogen-bond donors (Lipinski definition) is 1. The number of amides is 1. The molecule has 0 spiro atoms. The first-order valence-electron chi connectivity index (χ1n) is 13.1. The zero-order chi connectivity index (χ0) is 27.1. The molecule has 1 N–H and O–H groups in total. The summed E-state index contributed by atoms with van der Waals surface area (Å²) in [6.45, 7) is 3.39. The second-order valence-electron chi connectivity index (χ2n) is 10.6. The Bertz CT molecular complexity index is 1470. The van der Waals surface area contributed by atoms with Crippen LogP contribution in [0.1, 0.15) is 40.8 Å². The van der Waals surface area contributed by atoms with E-state index in [-0.39, 0.29) is 11.5 Å². The smallest absolute Gasteiger partial charge is 0.263 e. The fraction of sp³-hybridized carbons (Fsp3) is 0.393. The molecule has 1 amide bonds. The van der Waals surface area contributed by atoms with Gasteiger partial charge in [-0.1, -0.05) is 0 Å². The molecule has 0 bridgehead atoms. The molecule has 0 saturated carbocycles. The molecule has 0 atom stereocenters. The first-order chi connectivity index (χ1) is 18.9. The van der Waals surface area contributed by atoms with Crippen LogP contribution in [0.4, 0.5) is 8.78 Å². The third kappa shape index (κ3) is 5.16. The van der Waals surface area contributed by atoms with Crippen LogP contribution < -0.4 is 0 Å². The van der Waals surface area contributed by atoms with E-state index in [4.69, 9.17) is 0 Å². The molecular formula is C28H31F2N8O. The summed E-state index contributed by atoms with van der Waals surface area (Å²) in [6.07, 6.45) is 6.36. The number of likely N-dealkylation sites (tertiary alicyclic amines) is 2. The van der Waals surface area contributed by atoms with Crippen LogP contribution in [0.15, 0.2) is 49.2 Å². The Morgan fingerprint density at radius 2 is 1.95 bits per heavy atom. The summed E-state index contributed by atoms with van der Waals surface area (Å²) in [5.41, 5.74) is 3.57. The van der Waals surface area contributed by atoms with Gasteiger partial charge in [0.15, 0.2) is 0 Å². The number of hydrogen-bond acceptors (Lipinski definition) is 6. The van der Waals surface area contributed by atoms with Crippen molar-refractivity contribution < 1.29 is 13.6 Å². The normalized spacial score (nSPS) is 17.4. The zero-order valence-electron chi connectivity index (χ0n) is 22.0. The van der Waals surface area contributed by atoms with Gasteiger partial charge in [-0.2, -0.15) is 5.10 Å². The molecule has 1 radical (unpaired) electrons. The fourth-order valence-electron chi connectivity index (χ4n) is 5.59. The Balaban J connectivity index is 1.05. The molecule has 4 aromatic rings. The molecule has 2 fully saturated rings. The van der Waals surface area contributed by atoms with E-state index in [0.29, 0.717) is 31.2 Å². The van der Waals surface area contributed by atoms with Gasteiger partial charge in [0.05, 0.1) is 11.9 Å². The minimum atomic E-state index is -2.61. The molecule has 6 rings (SSSR count). The number of benzene rings is 1. The highest BCUT2D eigenvalue weighted by Gasteiger charge is 2.37. The molecule has 2 aliphatic rings. The summed E-state index contributed by atoms with van der Waals surface area (Å²) in [7, 11) is 3.76. The number of carbonyl (C=O) groups excluding carboxylic acids is 1. The summed E-state index contributed by atoms with van der Waals surface area (Å²) in [5.74, 6) is -0.169. The van der Waals surface area contributed by atoms with Gasteiger partial charge in [0.1, 0.15) is 18.0 Å². The number of piperidine rings is 1. The van der Waals surface area contributed by atoms with Gasteiger partial charge >= 0.3 is 0 Å². The predicted molar refractivity (Wildman–Crippen MR) is 143 cm³/mol. The second kappa shape index (κ2) is 10.5.